The molecule has 8 nitrogen and oxygen atoms in total. The van der Waals surface area contributed by atoms with E-state index in [0.29, 0.717) is 42.1 Å². The fourth-order valence-corrected chi connectivity index (χ4v) is 12.6. The second-order valence-electron chi connectivity index (χ2n) is 15.5. The van der Waals surface area contributed by atoms with Crippen LogP contribution in [-0.2, 0) is 10.0 Å². The molecule has 254 valence electrons. The number of carbonyl (C=O) groups excluding carboxylic acids is 1. The summed E-state index contributed by atoms with van der Waals surface area (Å²) in [5.41, 5.74) is 1.96. The minimum atomic E-state index is -4.00. The summed E-state index contributed by atoms with van der Waals surface area (Å²) >= 11 is 1.54. The van der Waals surface area contributed by atoms with Crippen molar-refractivity contribution < 1.29 is 23.4 Å². The maximum Gasteiger partial charge on any atom is 0.328 e. The number of thiazole rings is 1. The number of aromatic nitrogens is 1. The van der Waals surface area contributed by atoms with E-state index in [0.717, 1.165) is 74.1 Å². The van der Waals surface area contributed by atoms with Crippen LogP contribution < -0.4 is 10.0 Å². The van der Waals surface area contributed by atoms with Gasteiger partial charge >= 0.3 is 6.03 Å². The molecule has 4 fully saturated rings. The zero-order chi connectivity index (χ0) is 33.0. The third-order valence-electron chi connectivity index (χ3n) is 13.3. The highest BCUT2D eigenvalue weighted by molar-refractivity contribution is 7.90. The molecule has 0 radical (unpaired) electrons. The molecule has 1 aromatic carbocycles. The summed E-state index contributed by atoms with van der Waals surface area (Å²) in [6.45, 7) is 11.7. The topological polar surface area (TPSA) is 129 Å². The van der Waals surface area contributed by atoms with Gasteiger partial charge in [-0.1, -0.05) is 46.2 Å². The van der Waals surface area contributed by atoms with E-state index in [1.165, 1.54) is 23.5 Å². The van der Waals surface area contributed by atoms with Crippen molar-refractivity contribution in [2.75, 3.05) is 6.54 Å². The Morgan fingerprint density at radius 1 is 1.04 bits per heavy atom. The maximum atomic E-state index is 12.9. The number of hydrogen-bond donors (Lipinski definition) is 4. The van der Waals surface area contributed by atoms with Crippen LogP contribution in [0.15, 0.2) is 34.5 Å². The lowest BCUT2D eigenvalue weighted by Crippen LogP contribution is -2.62. The van der Waals surface area contributed by atoms with Crippen LogP contribution in [0.25, 0.3) is 11.3 Å². The SMILES string of the molecule is CC[C@H]1[C@@H](O)C2[C@H](CC[C@]3(C)[C@@H]([C@H](C)CCNC(=O)NS(=O)(=O)c4ccc(-c5csc(C)n5)cc4)CC[C@@H]23)C2(C)CC[C@@H](O)C[C@@H]12. The number of nitrogens with zero attached hydrogens (tertiary/aromatic N) is 1. The molecule has 0 spiro atoms. The summed E-state index contributed by atoms with van der Waals surface area (Å²) in [6, 6.07) is 5.70. The number of aliphatic hydroxyl groups excluding tert-OH is 2. The fourth-order valence-electron chi connectivity index (χ4n) is 11.1. The largest absolute Gasteiger partial charge is 0.393 e. The molecule has 4 aliphatic carbocycles. The molecule has 46 heavy (non-hydrogen) atoms. The third kappa shape index (κ3) is 5.94. The fraction of sp³-hybridized carbons (Fsp3) is 0.722. The van der Waals surface area contributed by atoms with Crippen LogP contribution >= 0.6 is 11.3 Å². The Labute approximate surface area is 279 Å². The number of aliphatic hydroxyl groups is 2. The summed E-state index contributed by atoms with van der Waals surface area (Å²) in [5.74, 6) is 2.81. The number of sulfonamides is 1. The van der Waals surface area contributed by atoms with Gasteiger partial charge in [0.05, 0.1) is 27.8 Å². The molecule has 0 bridgehead atoms. The average molecular weight is 672 g/mol. The maximum absolute atomic E-state index is 12.9. The summed E-state index contributed by atoms with van der Waals surface area (Å²) in [7, 11) is -4.00. The highest BCUT2D eigenvalue weighted by atomic mass is 32.2. The van der Waals surface area contributed by atoms with Crippen LogP contribution in [0, 0.1) is 59.2 Å². The molecule has 1 aromatic heterocycles. The van der Waals surface area contributed by atoms with Gasteiger partial charge in [0.25, 0.3) is 10.0 Å². The van der Waals surface area contributed by atoms with Crippen LogP contribution in [0.1, 0.15) is 90.5 Å². The predicted molar refractivity (Wildman–Crippen MR) is 182 cm³/mol. The lowest BCUT2D eigenvalue weighted by atomic mass is 9.41. The van der Waals surface area contributed by atoms with Gasteiger partial charge in [0.2, 0.25) is 0 Å². The van der Waals surface area contributed by atoms with Gasteiger partial charge in [-0.15, -0.1) is 11.3 Å². The molecule has 1 heterocycles. The van der Waals surface area contributed by atoms with Gasteiger partial charge in [-0.3, -0.25) is 0 Å². The number of rotatable bonds is 8. The monoisotopic (exact) mass is 671 g/mol. The zero-order valence-corrected chi connectivity index (χ0v) is 29.7. The van der Waals surface area contributed by atoms with E-state index in [1.54, 1.807) is 12.1 Å². The van der Waals surface area contributed by atoms with E-state index in [4.69, 9.17) is 0 Å². The van der Waals surface area contributed by atoms with Gasteiger partial charge in [0.15, 0.2) is 0 Å². The first-order valence-corrected chi connectivity index (χ1v) is 19.8. The first-order chi connectivity index (χ1) is 21.8. The molecule has 2 aromatic rings. The number of hydrogen-bond acceptors (Lipinski definition) is 7. The van der Waals surface area contributed by atoms with Crippen LogP contribution in [0.2, 0.25) is 0 Å². The molecule has 6 rings (SSSR count). The van der Waals surface area contributed by atoms with Crippen molar-refractivity contribution in [1.29, 1.82) is 0 Å². The first-order valence-electron chi connectivity index (χ1n) is 17.5. The van der Waals surface area contributed by atoms with Crippen molar-refractivity contribution in [3.05, 3.63) is 34.7 Å². The van der Waals surface area contributed by atoms with Gasteiger partial charge < -0.3 is 15.5 Å². The molecule has 0 saturated heterocycles. The molecular formula is C36H53N3O5S2. The molecule has 4 N–H and O–H groups in total. The van der Waals surface area contributed by atoms with Gasteiger partial charge in [0.1, 0.15) is 0 Å². The highest BCUT2D eigenvalue weighted by Crippen LogP contribution is 2.69. The second-order valence-corrected chi connectivity index (χ2v) is 18.3. The number of carbonyl (C=O) groups is 1. The average Bonchev–Trinajstić information content (AvgIpc) is 3.61. The van der Waals surface area contributed by atoms with Crippen LogP contribution in [0.5, 0.6) is 0 Å². The molecule has 0 aliphatic heterocycles. The van der Waals surface area contributed by atoms with Gasteiger partial charge in [-0.2, -0.15) is 0 Å². The molecule has 4 saturated carbocycles. The molecule has 11 atom stereocenters. The number of aryl methyl sites for hydroxylation is 1. The van der Waals surface area contributed by atoms with Crippen LogP contribution in [0.3, 0.4) is 0 Å². The van der Waals surface area contributed by atoms with E-state index in [1.807, 2.05) is 12.3 Å². The minimum absolute atomic E-state index is 0.0343. The summed E-state index contributed by atoms with van der Waals surface area (Å²) in [4.78, 5) is 17.2. The van der Waals surface area contributed by atoms with Crippen LogP contribution in [0.4, 0.5) is 4.79 Å². The standard InChI is InChI=1S/C36H53N3O5S2/c1-6-26-30-19-24(40)13-16-36(30,5)29-14-17-35(4)27(11-12-28(35)32(29)33(26)41)21(2)15-18-37-34(42)39-46(43,44)25-9-7-23(8-10-25)31-20-45-22(3)38-31/h7-10,20-21,24,26-30,32-33,40-41H,6,11-19H2,1-5H3,(H2,37,39,42)/t21-,24-,26-,27-,28+,29+,30+,32?,33-,35-,36?/m1/s1. The Morgan fingerprint density at radius 3 is 2.41 bits per heavy atom. The number of fused-ring (bicyclic) bond motifs is 5. The second kappa shape index (κ2) is 12.8. The number of nitrogens with one attached hydrogen (secondary N) is 2. The van der Waals surface area contributed by atoms with Crippen molar-refractivity contribution in [3.63, 3.8) is 0 Å². The predicted octanol–water partition coefficient (Wildman–Crippen LogP) is 6.76. The number of amides is 2. The van der Waals surface area contributed by atoms with Crippen molar-refractivity contribution in [2.45, 2.75) is 110 Å². The summed E-state index contributed by atoms with van der Waals surface area (Å²) in [6.07, 6.45) is 8.53. The number of urea groups is 1. The summed E-state index contributed by atoms with van der Waals surface area (Å²) in [5, 5.41) is 28.2. The van der Waals surface area contributed by atoms with Crippen molar-refractivity contribution in [1.82, 2.24) is 15.0 Å². The Bertz CT molecular complexity index is 1510. The third-order valence-corrected chi connectivity index (χ3v) is 15.5. The normalized spacial score (nSPS) is 37.9. The lowest BCUT2D eigenvalue weighted by molar-refractivity contribution is -0.203. The molecular weight excluding hydrogens is 619 g/mol. The molecule has 2 unspecified atom stereocenters. The van der Waals surface area contributed by atoms with E-state index in [2.05, 4.69) is 42.7 Å². The van der Waals surface area contributed by atoms with Gasteiger partial charge in [0, 0.05) is 17.5 Å². The first kappa shape index (κ1) is 33.9. The number of benzene rings is 1. The van der Waals surface area contributed by atoms with E-state index >= 15 is 0 Å². The Hall–Kier alpha value is -2.01. The Balaban J connectivity index is 1.05. The summed E-state index contributed by atoms with van der Waals surface area (Å²) < 4.78 is 28.0. The van der Waals surface area contributed by atoms with Gasteiger partial charge in [-0.25, -0.2) is 22.9 Å². The lowest BCUT2D eigenvalue weighted by Gasteiger charge is -2.64. The van der Waals surface area contributed by atoms with E-state index < -0.39 is 16.1 Å². The van der Waals surface area contributed by atoms with Crippen LogP contribution in [-0.4, -0.2) is 48.4 Å². The molecule has 2 amide bonds. The van der Waals surface area contributed by atoms with Crippen molar-refractivity contribution >= 4 is 27.4 Å². The Kier molecular flexibility index (Phi) is 9.42. The van der Waals surface area contributed by atoms with Crippen molar-refractivity contribution in [3.8, 4) is 11.3 Å². The molecule has 10 heteroatoms. The smallest absolute Gasteiger partial charge is 0.328 e. The van der Waals surface area contributed by atoms with E-state index in [9.17, 15) is 23.4 Å². The van der Waals surface area contributed by atoms with Crippen molar-refractivity contribution in [2.24, 2.45) is 52.3 Å². The quantitative estimate of drug-likeness (QED) is 0.246. The van der Waals surface area contributed by atoms with Gasteiger partial charge in [-0.05, 0) is 123 Å². The highest BCUT2D eigenvalue weighted by Gasteiger charge is 2.64. The Morgan fingerprint density at radius 2 is 1.74 bits per heavy atom. The molecule has 4 aliphatic rings. The van der Waals surface area contributed by atoms with E-state index in [-0.39, 0.29) is 33.9 Å². The minimum Gasteiger partial charge on any atom is -0.393 e. The zero-order valence-electron chi connectivity index (χ0n) is 28.0.